The van der Waals surface area contributed by atoms with Crippen molar-refractivity contribution in [2.45, 2.75) is 0 Å². The lowest BCUT2D eigenvalue weighted by atomic mass is 10.2. The molecule has 31 heavy (non-hydrogen) atoms. The number of hydrogen-bond acceptors (Lipinski definition) is 4. The second kappa shape index (κ2) is 8.66. The fourth-order valence-electron chi connectivity index (χ4n) is 2.88. The number of carbonyl (C=O) groups excluding carboxylic acids is 1. The lowest BCUT2D eigenvalue weighted by molar-refractivity contribution is 0.102. The van der Waals surface area contributed by atoms with E-state index in [0.29, 0.717) is 28.5 Å². The summed E-state index contributed by atoms with van der Waals surface area (Å²) in [4.78, 5) is 20.8. The maximum absolute atomic E-state index is 13.4. The van der Waals surface area contributed by atoms with Crippen molar-refractivity contribution in [3.63, 3.8) is 0 Å². The predicted octanol–water partition coefficient (Wildman–Crippen LogP) is 5.56. The van der Waals surface area contributed by atoms with Gasteiger partial charge in [0.1, 0.15) is 23.3 Å². The summed E-state index contributed by atoms with van der Waals surface area (Å²) in [6.07, 6.45) is 1.55. The Kier molecular flexibility index (Phi) is 5.61. The highest BCUT2D eigenvalue weighted by Crippen LogP contribution is 2.21. The molecule has 1 heterocycles. The molecule has 0 saturated heterocycles. The second-order valence-corrected chi connectivity index (χ2v) is 6.59. The zero-order valence-electron chi connectivity index (χ0n) is 15.9. The van der Waals surface area contributed by atoms with Gasteiger partial charge in [-0.2, -0.15) is 0 Å². The van der Waals surface area contributed by atoms with Crippen LogP contribution < -0.4 is 10.6 Å². The molecule has 1 amide bonds. The monoisotopic (exact) mass is 420 g/mol. The Hall–Kier alpha value is -4.20. The van der Waals surface area contributed by atoms with E-state index in [4.69, 9.17) is 0 Å². The van der Waals surface area contributed by atoms with E-state index in [1.54, 1.807) is 48.7 Å². The topological polar surface area (TPSA) is 66.9 Å². The molecule has 4 rings (SSSR count). The number of halogens is 3. The van der Waals surface area contributed by atoms with Crippen LogP contribution in [0.5, 0.6) is 0 Å². The van der Waals surface area contributed by atoms with Crippen LogP contribution in [0.25, 0.3) is 11.4 Å². The Morgan fingerprint density at radius 1 is 0.774 bits per heavy atom. The van der Waals surface area contributed by atoms with E-state index >= 15 is 0 Å². The summed E-state index contributed by atoms with van der Waals surface area (Å²) < 4.78 is 40.0. The highest BCUT2D eigenvalue weighted by molar-refractivity contribution is 6.04. The van der Waals surface area contributed by atoms with Crippen LogP contribution >= 0.6 is 0 Å². The lowest BCUT2D eigenvalue weighted by Gasteiger charge is -2.09. The van der Waals surface area contributed by atoms with Gasteiger partial charge in [-0.1, -0.05) is 12.1 Å². The Morgan fingerprint density at radius 2 is 1.52 bits per heavy atom. The average Bonchev–Trinajstić information content (AvgIpc) is 2.74. The van der Waals surface area contributed by atoms with Crippen LogP contribution in [0.4, 0.5) is 30.4 Å². The SMILES string of the molecule is O=C(Nc1cc(F)cc(F)c1)c1ccc(Nc2ccnc(-c3cccc(F)c3)n2)cc1. The molecule has 0 radical (unpaired) electrons. The number of aromatic nitrogens is 2. The van der Waals surface area contributed by atoms with Gasteiger partial charge in [0.2, 0.25) is 0 Å². The van der Waals surface area contributed by atoms with Gasteiger partial charge in [-0.3, -0.25) is 4.79 Å². The maximum atomic E-state index is 13.4. The molecule has 0 bridgehead atoms. The molecule has 0 saturated carbocycles. The average molecular weight is 420 g/mol. The van der Waals surface area contributed by atoms with Crippen LogP contribution in [0, 0.1) is 17.5 Å². The summed E-state index contributed by atoms with van der Waals surface area (Å²) in [5.74, 6) is -1.60. The third-order valence-corrected chi connectivity index (χ3v) is 4.28. The van der Waals surface area contributed by atoms with E-state index in [1.165, 1.54) is 12.1 Å². The molecule has 0 spiro atoms. The van der Waals surface area contributed by atoms with Crippen molar-refractivity contribution in [1.29, 1.82) is 0 Å². The first-order valence-electron chi connectivity index (χ1n) is 9.20. The molecule has 0 atom stereocenters. The summed E-state index contributed by atoms with van der Waals surface area (Å²) in [5, 5.41) is 5.53. The fraction of sp³-hybridized carbons (Fsp3) is 0. The Bertz CT molecular complexity index is 1230. The zero-order chi connectivity index (χ0) is 21.8. The van der Waals surface area contributed by atoms with Gasteiger partial charge < -0.3 is 10.6 Å². The molecular weight excluding hydrogens is 405 g/mol. The molecule has 1 aromatic heterocycles. The minimum atomic E-state index is -0.780. The number of nitrogens with one attached hydrogen (secondary N) is 2. The molecular formula is C23H15F3N4O. The number of anilines is 3. The number of amides is 1. The highest BCUT2D eigenvalue weighted by Gasteiger charge is 2.09. The summed E-state index contributed by atoms with van der Waals surface area (Å²) in [5.41, 5.74) is 1.52. The van der Waals surface area contributed by atoms with Crippen molar-refractivity contribution in [3.8, 4) is 11.4 Å². The van der Waals surface area contributed by atoms with Gasteiger partial charge in [-0.15, -0.1) is 0 Å². The Morgan fingerprint density at radius 3 is 2.23 bits per heavy atom. The molecule has 8 heteroatoms. The summed E-state index contributed by atoms with van der Waals surface area (Å²) in [7, 11) is 0. The van der Waals surface area contributed by atoms with E-state index in [0.717, 1.165) is 18.2 Å². The van der Waals surface area contributed by atoms with Gasteiger partial charge in [0.15, 0.2) is 5.82 Å². The van der Waals surface area contributed by atoms with Gasteiger partial charge in [-0.25, -0.2) is 23.1 Å². The van der Waals surface area contributed by atoms with Crippen molar-refractivity contribution < 1.29 is 18.0 Å². The Labute approximate surface area is 175 Å². The third-order valence-electron chi connectivity index (χ3n) is 4.28. The largest absolute Gasteiger partial charge is 0.340 e. The van der Waals surface area contributed by atoms with Crippen LogP contribution in [0.3, 0.4) is 0 Å². The third kappa shape index (κ3) is 5.05. The quantitative estimate of drug-likeness (QED) is 0.444. The van der Waals surface area contributed by atoms with Crippen LogP contribution in [0.1, 0.15) is 10.4 Å². The van der Waals surface area contributed by atoms with Crippen LogP contribution in [-0.2, 0) is 0 Å². The molecule has 0 unspecified atom stereocenters. The minimum absolute atomic E-state index is 0.0237. The highest BCUT2D eigenvalue weighted by atomic mass is 19.1. The van der Waals surface area contributed by atoms with Crippen LogP contribution in [-0.4, -0.2) is 15.9 Å². The molecule has 5 nitrogen and oxygen atoms in total. The molecule has 3 aromatic carbocycles. The molecule has 0 aliphatic carbocycles. The van der Waals surface area contributed by atoms with E-state index in [2.05, 4.69) is 20.6 Å². The Balaban J connectivity index is 1.46. The predicted molar refractivity (Wildman–Crippen MR) is 111 cm³/mol. The number of nitrogens with zero attached hydrogens (tertiary/aromatic N) is 2. The van der Waals surface area contributed by atoms with Gasteiger partial charge in [0.05, 0.1) is 0 Å². The smallest absolute Gasteiger partial charge is 0.255 e. The van der Waals surface area contributed by atoms with E-state index in [-0.39, 0.29) is 11.5 Å². The molecule has 0 aliphatic heterocycles. The number of carbonyl (C=O) groups is 1. The number of benzene rings is 3. The normalized spacial score (nSPS) is 10.5. The van der Waals surface area contributed by atoms with Crippen molar-refractivity contribution in [2.24, 2.45) is 0 Å². The summed E-state index contributed by atoms with van der Waals surface area (Å²) in [6, 6.07) is 16.8. The van der Waals surface area contributed by atoms with Crippen molar-refractivity contribution in [3.05, 3.63) is 102 Å². The standard InChI is InChI=1S/C23H15F3N4O/c24-16-3-1-2-15(10-16)22-27-9-8-21(30-22)28-19-6-4-14(5-7-19)23(31)29-20-12-17(25)11-18(26)13-20/h1-13H,(H,29,31)(H,27,28,30). The minimum Gasteiger partial charge on any atom is -0.340 e. The summed E-state index contributed by atoms with van der Waals surface area (Å²) >= 11 is 0. The zero-order valence-corrected chi connectivity index (χ0v) is 15.9. The van der Waals surface area contributed by atoms with Gasteiger partial charge >= 0.3 is 0 Å². The molecule has 0 aliphatic rings. The first-order chi connectivity index (χ1) is 15.0. The van der Waals surface area contributed by atoms with Gasteiger partial charge in [0.25, 0.3) is 5.91 Å². The van der Waals surface area contributed by atoms with E-state index < -0.39 is 17.5 Å². The fourth-order valence-corrected chi connectivity index (χ4v) is 2.88. The first kappa shape index (κ1) is 20.1. The second-order valence-electron chi connectivity index (χ2n) is 6.59. The van der Waals surface area contributed by atoms with Crippen LogP contribution in [0.15, 0.2) is 79.0 Å². The molecule has 0 fully saturated rings. The van der Waals surface area contributed by atoms with E-state index in [1.807, 2.05) is 0 Å². The first-order valence-corrected chi connectivity index (χ1v) is 9.20. The van der Waals surface area contributed by atoms with Crippen molar-refractivity contribution in [1.82, 2.24) is 9.97 Å². The van der Waals surface area contributed by atoms with Gasteiger partial charge in [0, 0.05) is 34.8 Å². The number of hydrogen-bond donors (Lipinski definition) is 2. The molecule has 4 aromatic rings. The summed E-state index contributed by atoms with van der Waals surface area (Å²) in [6.45, 7) is 0. The van der Waals surface area contributed by atoms with Gasteiger partial charge in [-0.05, 0) is 54.6 Å². The van der Waals surface area contributed by atoms with Crippen molar-refractivity contribution in [2.75, 3.05) is 10.6 Å². The van der Waals surface area contributed by atoms with Crippen LogP contribution in [0.2, 0.25) is 0 Å². The van der Waals surface area contributed by atoms with E-state index in [9.17, 15) is 18.0 Å². The molecule has 154 valence electrons. The van der Waals surface area contributed by atoms with Crippen molar-refractivity contribution >= 4 is 23.1 Å². The maximum Gasteiger partial charge on any atom is 0.255 e. The molecule has 2 N–H and O–H groups in total. The lowest BCUT2D eigenvalue weighted by Crippen LogP contribution is -2.12. The number of rotatable bonds is 5.